The number of thiazole rings is 1. The van der Waals surface area contributed by atoms with Gasteiger partial charge in [0.1, 0.15) is 0 Å². The van der Waals surface area contributed by atoms with E-state index in [9.17, 15) is 0 Å². The first kappa shape index (κ1) is 13.2. The quantitative estimate of drug-likeness (QED) is 0.778. The molecule has 19 heavy (non-hydrogen) atoms. The summed E-state index contributed by atoms with van der Waals surface area (Å²) in [6.45, 7) is 2.66. The highest BCUT2D eigenvalue weighted by molar-refractivity contribution is 7.22. The van der Waals surface area contributed by atoms with Crippen LogP contribution in [-0.4, -0.2) is 24.7 Å². The number of benzene rings is 1. The van der Waals surface area contributed by atoms with Gasteiger partial charge in [-0.1, -0.05) is 29.0 Å². The van der Waals surface area contributed by atoms with E-state index in [-0.39, 0.29) is 0 Å². The van der Waals surface area contributed by atoms with Crippen molar-refractivity contribution in [1.82, 2.24) is 4.98 Å². The van der Waals surface area contributed by atoms with E-state index < -0.39 is 0 Å². The molecule has 0 atom stereocenters. The van der Waals surface area contributed by atoms with Crippen LogP contribution in [0.15, 0.2) is 18.2 Å². The standard InChI is InChI=1S/C14H17ClN2OS/c15-11-3-1-4-12-13(11)19-14(17-12)16-7-2-8-18-9-10-5-6-10/h1,3-4,10H,2,5-9H2,(H,16,17). The highest BCUT2D eigenvalue weighted by atomic mass is 35.5. The van der Waals surface area contributed by atoms with Crippen LogP contribution in [0.5, 0.6) is 0 Å². The SMILES string of the molecule is Clc1cccc2nc(NCCCOCC3CC3)sc12. The van der Waals surface area contributed by atoms with Crippen molar-refractivity contribution >= 4 is 38.3 Å². The Morgan fingerprint density at radius 3 is 3.11 bits per heavy atom. The molecule has 1 aliphatic carbocycles. The predicted octanol–water partition coefficient (Wildman–Crippen LogP) is 4.18. The number of nitrogens with zero attached hydrogens (tertiary/aromatic N) is 1. The maximum absolute atomic E-state index is 6.13. The van der Waals surface area contributed by atoms with Gasteiger partial charge in [-0.3, -0.25) is 0 Å². The minimum Gasteiger partial charge on any atom is -0.381 e. The first-order valence-corrected chi connectivity index (χ1v) is 7.89. The second-order valence-corrected chi connectivity index (χ2v) is 6.31. The summed E-state index contributed by atoms with van der Waals surface area (Å²) in [4.78, 5) is 4.51. The van der Waals surface area contributed by atoms with Gasteiger partial charge in [-0.2, -0.15) is 0 Å². The number of fused-ring (bicyclic) bond motifs is 1. The number of halogens is 1. The number of hydrogen-bond donors (Lipinski definition) is 1. The summed E-state index contributed by atoms with van der Waals surface area (Å²) in [6, 6.07) is 5.82. The summed E-state index contributed by atoms with van der Waals surface area (Å²) in [6.07, 6.45) is 3.71. The molecule has 1 aromatic carbocycles. The van der Waals surface area contributed by atoms with Crippen molar-refractivity contribution < 1.29 is 4.74 Å². The first-order valence-electron chi connectivity index (χ1n) is 6.69. The lowest BCUT2D eigenvalue weighted by Crippen LogP contribution is -2.06. The average molecular weight is 297 g/mol. The molecule has 0 bridgehead atoms. The van der Waals surface area contributed by atoms with E-state index in [0.29, 0.717) is 0 Å². The molecule has 0 spiro atoms. The smallest absolute Gasteiger partial charge is 0.183 e. The zero-order valence-corrected chi connectivity index (χ0v) is 12.3. The number of rotatable bonds is 7. The molecular weight excluding hydrogens is 280 g/mol. The van der Waals surface area contributed by atoms with Crippen molar-refractivity contribution in [2.24, 2.45) is 5.92 Å². The van der Waals surface area contributed by atoms with Gasteiger partial charge < -0.3 is 10.1 Å². The van der Waals surface area contributed by atoms with Gasteiger partial charge in [0.05, 0.1) is 15.2 Å². The number of nitrogens with one attached hydrogen (secondary N) is 1. The van der Waals surface area contributed by atoms with Crippen molar-refractivity contribution in [3.8, 4) is 0 Å². The lowest BCUT2D eigenvalue weighted by molar-refractivity contribution is 0.124. The van der Waals surface area contributed by atoms with Gasteiger partial charge in [-0.25, -0.2) is 4.98 Å². The molecule has 1 N–H and O–H groups in total. The Kier molecular flexibility index (Phi) is 4.21. The molecule has 1 aliphatic rings. The summed E-state index contributed by atoms with van der Waals surface area (Å²) in [7, 11) is 0. The molecule has 1 saturated carbocycles. The van der Waals surface area contributed by atoms with Gasteiger partial charge in [0.15, 0.2) is 5.13 Å². The molecule has 0 radical (unpaired) electrons. The Labute approximate surface area is 121 Å². The molecular formula is C14H17ClN2OS. The lowest BCUT2D eigenvalue weighted by Gasteiger charge is -2.03. The molecule has 2 aromatic rings. The van der Waals surface area contributed by atoms with Gasteiger partial charge >= 0.3 is 0 Å². The Balaban J connectivity index is 1.44. The Morgan fingerprint density at radius 2 is 2.32 bits per heavy atom. The van der Waals surface area contributed by atoms with Crippen LogP contribution in [-0.2, 0) is 4.74 Å². The van der Waals surface area contributed by atoms with Crippen molar-refractivity contribution in [2.75, 3.05) is 25.1 Å². The largest absolute Gasteiger partial charge is 0.381 e. The van der Waals surface area contributed by atoms with Crippen molar-refractivity contribution in [1.29, 1.82) is 0 Å². The second kappa shape index (κ2) is 6.07. The molecule has 0 unspecified atom stereocenters. The molecule has 102 valence electrons. The van der Waals surface area contributed by atoms with E-state index in [1.54, 1.807) is 11.3 Å². The molecule has 0 amide bonds. The van der Waals surface area contributed by atoms with E-state index in [0.717, 1.165) is 52.5 Å². The Bertz CT molecular complexity index is 553. The van der Waals surface area contributed by atoms with Crippen LogP contribution in [0.3, 0.4) is 0 Å². The topological polar surface area (TPSA) is 34.2 Å². The first-order chi connectivity index (χ1) is 9.33. The maximum atomic E-state index is 6.13. The third-order valence-electron chi connectivity index (χ3n) is 3.16. The third kappa shape index (κ3) is 3.59. The molecule has 5 heteroatoms. The van der Waals surface area contributed by atoms with E-state index in [2.05, 4.69) is 10.3 Å². The molecule has 0 saturated heterocycles. The molecule has 0 aliphatic heterocycles. The Morgan fingerprint density at radius 1 is 1.42 bits per heavy atom. The van der Waals surface area contributed by atoms with Crippen molar-refractivity contribution in [2.45, 2.75) is 19.3 Å². The third-order valence-corrected chi connectivity index (χ3v) is 4.65. The highest BCUT2D eigenvalue weighted by Gasteiger charge is 2.20. The van der Waals surface area contributed by atoms with Crippen LogP contribution < -0.4 is 5.32 Å². The second-order valence-electron chi connectivity index (χ2n) is 4.91. The monoisotopic (exact) mass is 296 g/mol. The van der Waals surface area contributed by atoms with Crippen LogP contribution in [0.4, 0.5) is 5.13 Å². The summed E-state index contributed by atoms with van der Waals surface area (Å²) in [5.74, 6) is 0.847. The Hall–Kier alpha value is -0.840. The fourth-order valence-electron chi connectivity index (χ4n) is 1.90. The van der Waals surface area contributed by atoms with Gasteiger partial charge in [-0.05, 0) is 37.3 Å². The average Bonchev–Trinajstić information content (AvgIpc) is 3.12. The zero-order valence-electron chi connectivity index (χ0n) is 10.7. The van der Waals surface area contributed by atoms with Crippen molar-refractivity contribution in [3.63, 3.8) is 0 Å². The molecule has 3 nitrogen and oxygen atoms in total. The lowest BCUT2D eigenvalue weighted by atomic mass is 10.3. The minimum atomic E-state index is 0.774. The van der Waals surface area contributed by atoms with Crippen LogP contribution >= 0.6 is 22.9 Å². The van der Waals surface area contributed by atoms with Crippen LogP contribution in [0.1, 0.15) is 19.3 Å². The normalized spacial score (nSPS) is 15.0. The summed E-state index contributed by atoms with van der Waals surface area (Å²) >= 11 is 7.74. The number of aromatic nitrogens is 1. The van der Waals surface area contributed by atoms with Gasteiger partial charge in [0.2, 0.25) is 0 Å². The number of hydrogen-bond acceptors (Lipinski definition) is 4. The van der Waals surface area contributed by atoms with Gasteiger partial charge in [0.25, 0.3) is 0 Å². The zero-order chi connectivity index (χ0) is 13.1. The fourth-order valence-corrected chi connectivity index (χ4v) is 3.08. The van der Waals surface area contributed by atoms with Gasteiger partial charge in [-0.15, -0.1) is 0 Å². The predicted molar refractivity (Wildman–Crippen MR) is 81.3 cm³/mol. The molecule has 1 aromatic heterocycles. The fraction of sp³-hybridized carbons (Fsp3) is 0.500. The van der Waals surface area contributed by atoms with E-state index in [1.165, 1.54) is 12.8 Å². The maximum Gasteiger partial charge on any atom is 0.183 e. The van der Waals surface area contributed by atoms with Gasteiger partial charge in [0, 0.05) is 19.8 Å². The summed E-state index contributed by atoms with van der Waals surface area (Å²) in [5.41, 5.74) is 0.963. The summed E-state index contributed by atoms with van der Waals surface area (Å²) < 4.78 is 6.65. The van der Waals surface area contributed by atoms with E-state index in [4.69, 9.17) is 16.3 Å². The van der Waals surface area contributed by atoms with E-state index >= 15 is 0 Å². The van der Waals surface area contributed by atoms with Crippen LogP contribution in [0, 0.1) is 5.92 Å². The van der Waals surface area contributed by atoms with Crippen molar-refractivity contribution in [3.05, 3.63) is 23.2 Å². The highest BCUT2D eigenvalue weighted by Crippen LogP contribution is 2.31. The van der Waals surface area contributed by atoms with Crippen LogP contribution in [0.25, 0.3) is 10.2 Å². The molecule has 3 rings (SSSR count). The minimum absolute atomic E-state index is 0.774. The van der Waals surface area contributed by atoms with Crippen LogP contribution in [0.2, 0.25) is 5.02 Å². The summed E-state index contributed by atoms with van der Waals surface area (Å²) in [5, 5.41) is 5.04. The number of anilines is 1. The number of ether oxygens (including phenoxy) is 1. The molecule has 1 heterocycles. The molecule has 1 fully saturated rings. The van der Waals surface area contributed by atoms with E-state index in [1.807, 2.05) is 18.2 Å².